The zero-order valence-corrected chi connectivity index (χ0v) is 31.8. The number of hydrogen-bond acceptors (Lipinski definition) is 10. The Morgan fingerprint density at radius 2 is 1.58 bits per heavy atom. The Kier molecular flexibility index (Phi) is 8.93. The average Bonchev–Trinajstić information content (AvgIpc) is 3.69. The molecule has 1 saturated carbocycles. The van der Waals surface area contributed by atoms with E-state index in [2.05, 4.69) is 63.2 Å². The predicted molar refractivity (Wildman–Crippen MR) is 201 cm³/mol. The van der Waals surface area contributed by atoms with Crippen LogP contribution >= 0.6 is 11.6 Å². The van der Waals surface area contributed by atoms with E-state index in [1.807, 2.05) is 6.07 Å². The van der Waals surface area contributed by atoms with Gasteiger partial charge in [0.2, 0.25) is 17.5 Å². The number of benzene rings is 2. The second-order valence-electron chi connectivity index (χ2n) is 16.3. The molecule has 3 aromatic rings. The van der Waals surface area contributed by atoms with E-state index in [9.17, 15) is 24.0 Å². The highest BCUT2D eigenvalue weighted by Crippen LogP contribution is 2.55. The lowest BCUT2D eigenvalue weighted by molar-refractivity contribution is -0.164. The van der Waals surface area contributed by atoms with E-state index in [0.717, 1.165) is 42.0 Å². The number of piperidine rings is 2. The van der Waals surface area contributed by atoms with Gasteiger partial charge in [-0.25, -0.2) is 4.85 Å². The molecule has 14 nitrogen and oxygen atoms in total. The van der Waals surface area contributed by atoms with Crippen LogP contribution in [0.15, 0.2) is 42.5 Å². The highest BCUT2D eigenvalue weighted by atomic mass is 35.5. The van der Waals surface area contributed by atoms with Gasteiger partial charge in [-0.2, -0.15) is 0 Å². The molecule has 2 aromatic carbocycles. The maximum atomic E-state index is 13.4. The molecular weight excluding hydrogens is 724 g/mol. The highest BCUT2D eigenvalue weighted by molar-refractivity contribution is 6.33. The topological polar surface area (TPSA) is 158 Å². The maximum Gasteiger partial charge on any atom is 0.272 e. The van der Waals surface area contributed by atoms with Crippen molar-refractivity contribution >= 4 is 52.6 Å². The van der Waals surface area contributed by atoms with E-state index < -0.39 is 40.5 Å². The van der Waals surface area contributed by atoms with E-state index in [4.69, 9.17) is 22.9 Å². The number of rotatable bonds is 7. The molecule has 55 heavy (non-hydrogen) atoms. The Labute approximate surface area is 323 Å². The van der Waals surface area contributed by atoms with Gasteiger partial charge in [-0.05, 0) is 66.8 Å². The Hall–Kier alpha value is -5.39. The van der Waals surface area contributed by atoms with Crippen LogP contribution in [0.5, 0.6) is 5.75 Å². The molecule has 2 saturated heterocycles. The van der Waals surface area contributed by atoms with Crippen LogP contribution in [0.4, 0.5) is 11.5 Å². The highest BCUT2D eigenvalue weighted by Gasteiger charge is 2.64. The number of carbonyl (C=O) groups excluding carboxylic acids is 5. The summed E-state index contributed by atoms with van der Waals surface area (Å²) in [6.07, 6.45) is 1.74. The molecule has 0 spiro atoms. The molecule has 5 heterocycles. The van der Waals surface area contributed by atoms with Gasteiger partial charge in [0.15, 0.2) is 11.5 Å². The number of nitrogens with one attached hydrogen (secondary N) is 2. The predicted octanol–water partition coefficient (Wildman–Crippen LogP) is 4.68. The molecule has 8 rings (SSSR count). The molecule has 0 bridgehead atoms. The Balaban J connectivity index is 0.846. The summed E-state index contributed by atoms with van der Waals surface area (Å²) in [5.74, 6) is -1.03. The normalized spacial score (nSPS) is 24.5. The number of ether oxygens (including phenoxy) is 1. The fourth-order valence-electron chi connectivity index (χ4n) is 9.52. The lowest BCUT2D eigenvalue weighted by Gasteiger charge is -2.63. The Bertz CT molecular complexity index is 2130. The fourth-order valence-corrected chi connectivity index (χ4v) is 9.73. The van der Waals surface area contributed by atoms with E-state index in [1.165, 1.54) is 0 Å². The smallest absolute Gasteiger partial charge is 0.272 e. The van der Waals surface area contributed by atoms with Crippen LogP contribution in [0.25, 0.3) is 4.85 Å². The van der Waals surface area contributed by atoms with E-state index in [0.29, 0.717) is 52.5 Å². The van der Waals surface area contributed by atoms with Gasteiger partial charge in [0.1, 0.15) is 17.9 Å². The van der Waals surface area contributed by atoms with Crippen LogP contribution in [0, 0.1) is 17.4 Å². The minimum absolute atomic E-state index is 0.0829. The molecule has 5 aliphatic rings. The van der Waals surface area contributed by atoms with Crippen molar-refractivity contribution in [2.45, 2.75) is 90.7 Å². The second-order valence-corrected chi connectivity index (χ2v) is 16.7. The van der Waals surface area contributed by atoms with E-state index in [-0.39, 0.29) is 36.6 Å². The molecule has 15 heteroatoms. The molecular formula is C40H41ClN8O6. The monoisotopic (exact) mass is 764 g/mol. The number of imide groups is 2. The third-order valence-electron chi connectivity index (χ3n) is 12.1. The van der Waals surface area contributed by atoms with Crippen LogP contribution in [0.3, 0.4) is 0 Å². The fraction of sp³-hybridized carbons (Fsp3) is 0.450. The molecule has 284 valence electrons. The Morgan fingerprint density at radius 1 is 0.927 bits per heavy atom. The van der Waals surface area contributed by atoms with Gasteiger partial charge in [-0.1, -0.05) is 45.4 Å². The number of halogens is 1. The summed E-state index contributed by atoms with van der Waals surface area (Å²) in [7, 11) is 0. The van der Waals surface area contributed by atoms with Crippen molar-refractivity contribution in [2.24, 2.45) is 10.8 Å². The number of anilines is 1. The summed E-state index contributed by atoms with van der Waals surface area (Å²) in [4.78, 5) is 73.1. The zero-order chi connectivity index (χ0) is 39.0. The minimum atomic E-state index is -0.981. The SMILES string of the molecule is [C-]#[N+]c1ccc(OC2C(C)(C)C(NC(=O)c3ccc(N4CCC(N5Cc6cc7c(cc6C5)C(=O)N(C5CCC(=O)NC5=O)C7=O)CC4)nn3)C2(C)C)cc1Cl. The van der Waals surface area contributed by atoms with E-state index in [1.54, 1.807) is 36.4 Å². The van der Waals surface area contributed by atoms with Crippen molar-refractivity contribution in [3.8, 4) is 5.75 Å². The van der Waals surface area contributed by atoms with Gasteiger partial charge in [-0.15, -0.1) is 10.2 Å². The first kappa shape index (κ1) is 36.6. The van der Waals surface area contributed by atoms with Gasteiger partial charge in [0.25, 0.3) is 17.7 Å². The largest absolute Gasteiger partial charge is 0.489 e. The van der Waals surface area contributed by atoms with Crippen molar-refractivity contribution in [3.63, 3.8) is 0 Å². The third kappa shape index (κ3) is 6.19. The number of hydrogen-bond donors (Lipinski definition) is 2. The molecule has 1 atom stereocenters. The van der Waals surface area contributed by atoms with Crippen molar-refractivity contribution in [3.05, 3.63) is 86.9 Å². The summed E-state index contributed by atoms with van der Waals surface area (Å²) in [5, 5.41) is 14.5. The van der Waals surface area contributed by atoms with Gasteiger partial charge < -0.3 is 15.0 Å². The lowest BCUT2D eigenvalue weighted by atomic mass is 9.49. The maximum absolute atomic E-state index is 13.4. The number of nitrogens with zero attached hydrogens (tertiary/aromatic N) is 6. The number of carbonyl (C=O) groups is 5. The van der Waals surface area contributed by atoms with Gasteiger partial charge >= 0.3 is 0 Å². The zero-order valence-electron chi connectivity index (χ0n) is 31.0. The number of fused-ring (bicyclic) bond motifs is 2. The molecule has 5 amide bonds. The molecule has 2 N–H and O–H groups in total. The lowest BCUT2D eigenvalue weighted by Crippen LogP contribution is -2.74. The summed E-state index contributed by atoms with van der Waals surface area (Å²) in [5.41, 5.74) is 2.40. The molecule has 1 unspecified atom stereocenters. The van der Waals surface area contributed by atoms with Crippen LogP contribution < -0.4 is 20.3 Å². The van der Waals surface area contributed by atoms with Crippen LogP contribution in [0.2, 0.25) is 5.02 Å². The van der Waals surface area contributed by atoms with Crippen LogP contribution in [-0.4, -0.2) is 86.9 Å². The summed E-state index contributed by atoms with van der Waals surface area (Å²) in [6, 6.07) is 11.3. The van der Waals surface area contributed by atoms with Crippen molar-refractivity contribution in [1.82, 2.24) is 30.6 Å². The summed E-state index contributed by atoms with van der Waals surface area (Å²) >= 11 is 6.24. The minimum Gasteiger partial charge on any atom is -0.489 e. The molecule has 0 radical (unpaired) electrons. The molecule has 3 fully saturated rings. The first-order valence-electron chi connectivity index (χ1n) is 18.5. The van der Waals surface area contributed by atoms with Gasteiger partial charge in [0, 0.05) is 55.5 Å². The number of aromatic nitrogens is 2. The van der Waals surface area contributed by atoms with Crippen molar-refractivity contribution < 1.29 is 28.7 Å². The quantitative estimate of drug-likeness (QED) is 0.256. The van der Waals surface area contributed by atoms with Crippen LogP contribution in [-0.2, 0) is 22.7 Å². The van der Waals surface area contributed by atoms with Gasteiger partial charge in [-0.3, -0.25) is 39.1 Å². The molecule has 1 aliphatic carbocycles. The molecule has 1 aromatic heterocycles. The molecule has 4 aliphatic heterocycles. The third-order valence-corrected chi connectivity index (χ3v) is 12.4. The summed E-state index contributed by atoms with van der Waals surface area (Å²) in [6.45, 7) is 18.2. The van der Waals surface area contributed by atoms with Crippen LogP contribution in [0.1, 0.15) is 95.7 Å². The van der Waals surface area contributed by atoms with E-state index >= 15 is 0 Å². The summed E-state index contributed by atoms with van der Waals surface area (Å²) < 4.78 is 6.35. The van der Waals surface area contributed by atoms with Crippen molar-refractivity contribution in [2.75, 3.05) is 18.0 Å². The van der Waals surface area contributed by atoms with Crippen molar-refractivity contribution in [1.29, 1.82) is 0 Å². The first-order chi connectivity index (χ1) is 26.2. The standard InChI is InChI=1S/C40H41ClN8O6/c1-39(2)37(40(3,4)38(39)55-24-6-7-28(42-5)27(41)18-24)44-33(51)29-8-10-31(46-45-29)47-14-12-23(13-15-47)48-19-21-16-25-26(17-22(21)20-48)36(54)49(35(25)53)30-9-11-32(50)43-34(30)52/h6-8,10,16-18,23,30,37-38H,9,11-15,19-20H2,1-4H3,(H,44,51)(H,43,50,52). The average molecular weight is 765 g/mol. The Morgan fingerprint density at radius 3 is 2.15 bits per heavy atom. The second kappa shape index (κ2) is 13.4. The first-order valence-corrected chi connectivity index (χ1v) is 18.9. The van der Waals surface area contributed by atoms with Gasteiger partial charge in [0.05, 0.1) is 22.7 Å². The number of amides is 5.